The van der Waals surface area contributed by atoms with E-state index in [9.17, 15) is 14.7 Å². The van der Waals surface area contributed by atoms with E-state index < -0.39 is 17.6 Å². The minimum atomic E-state index is -1.44. The van der Waals surface area contributed by atoms with Crippen molar-refractivity contribution in [3.8, 4) is 0 Å². The fourth-order valence-corrected chi connectivity index (χ4v) is 4.21. The zero-order valence-corrected chi connectivity index (χ0v) is 14.4. The number of carbonyl (C=O) groups excluding carboxylic acids is 2. The number of rotatable bonds is 3. The SMILES string of the molecule is O=C(ON1C(=O)[C@H](c2ccccc2)[C@H]2CCCC[C@]21O)c1ccccc1. The molecule has 2 fully saturated rings. The Balaban J connectivity index is 1.67. The van der Waals surface area contributed by atoms with Crippen LogP contribution in [0.4, 0.5) is 0 Å². The molecule has 4 rings (SSSR count). The van der Waals surface area contributed by atoms with E-state index >= 15 is 0 Å². The third kappa shape index (κ3) is 2.69. The van der Waals surface area contributed by atoms with Crippen molar-refractivity contribution in [2.24, 2.45) is 5.92 Å². The molecule has 5 heteroatoms. The fourth-order valence-electron chi connectivity index (χ4n) is 4.21. The summed E-state index contributed by atoms with van der Waals surface area (Å²) in [6.07, 6.45) is 2.88. The van der Waals surface area contributed by atoms with Gasteiger partial charge < -0.3 is 9.94 Å². The standard InChI is InChI=1S/C21H21NO4/c23-19-18(15-9-3-1-4-10-15)17-13-7-8-14-21(17,25)22(19)26-20(24)16-11-5-2-6-12-16/h1-6,9-12,17-18,25H,7-8,13-14H2/t17-,18-,21+/m1/s1. The molecule has 1 aliphatic carbocycles. The molecule has 2 aromatic rings. The van der Waals surface area contributed by atoms with Crippen LogP contribution in [0, 0.1) is 5.92 Å². The van der Waals surface area contributed by atoms with Crippen LogP contribution in [0.15, 0.2) is 60.7 Å². The monoisotopic (exact) mass is 351 g/mol. The number of hydrogen-bond acceptors (Lipinski definition) is 4. The van der Waals surface area contributed by atoms with Gasteiger partial charge in [0, 0.05) is 5.92 Å². The average Bonchev–Trinajstić information content (AvgIpc) is 2.90. The third-order valence-corrected chi connectivity index (χ3v) is 5.47. The summed E-state index contributed by atoms with van der Waals surface area (Å²) in [5.74, 6) is -1.76. The van der Waals surface area contributed by atoms with Crippen molar-refractivity contribution in [1.82, 2.24) is 5.06 Å². The molecule has 2 aromatic carbocycles. The van der Waals surface area contributed by atoms with E-state index in [2.05, 4.69) is 0 Å². The lowest BCUT2D eigenvalue weighted by Gasteiger charge is -2.38. The van der Waals surface area contributed by atoms with Crippen LogP contribution in [0.3, 0.4) is 0 Å². The van der Waals surface area contributed by atoms with Crippen molar-refractivity contribution in [3.05, 3.63) is 71.8 Å². The Morgan fingerprint density at radius 2 is 1.69 bits per heavy atom. The maximum absolute atomic E-state index is 13.1. The molecule has 0 radical (unpaired) electrons. The van der Waals surface area contributed by atoms with Crippen LogP contribution >= 0.6 is 0 Å². The first-order chi connectivity index (χ1) is 12.6. The molecule has 5 nitrogen and oxygen atoms in total. The molecule has 0 spiro atoms. The average molecular weight is 351 g/mol. The highest BCUT2D eigenvalue weighted by Crippen LogP contribution is 2.51. The molecule has 1 saturated carbocycles. The summed E-state index contributed by atoms with van der Waals surface area (Å²) in [6, 6.07) is 17.9. The Morgan fingerprint density at radius 1 is 1.04 bits per heavy atom. The molecule has 0 aromatic heterocycles. The van der Waals surface area contributed by atoms with Gasteiger partial charge in [-0.25, -0.2) is 4.79 Å². The third-order valence-electron chi connectivity index (χ3n) is 5.47. The largest absolute Gasteiger partial charge is 0.368 e. The van der Waals surface area contributed by atoms with Crippen molar-refractivity contribution in [2.75, 3.05) is 0 Å². The van der Waals surface area contributed by atoms with Gasteiger partial charge in [0.05, 0.1) is 11.5 Å². The number of aliphatic hydroxyl groups is 1. The van der Waals surface area contributed by atoms with Crippen LogP contribution < -0.4 is 0 Å². The second-order valence-electron chi connectivity index (χ2n) is 7.00. The van der Waals surface area contributed by atoms with Crippen molar-refractivity contribution >= 4 is 11.9 Å². The van der Waals surface area contributed by atoms with Crippen LogP contribution in [0.1, 0.15) is 47.5 Å². The number of benzene rings is 2. The summed E-state index contributed by atoms with van der Waals surface area (Å²) in [4.78, 5) is 31.0. The van der Waals surface area contributed by atoms with Gasteiger partial charge in [0.15, 0.2) is 5.72 Å². The molecule has 1 amide bonds. The second kappa shape index (κ2) is 6.57. The summed E-state index contributed by atoms with van der Waals surface area (Å²) < 4.78 is 0. The van der Waals surface area contributed by atoms with Crippen LogP contribution in [0.2, 0.25) is 0 Å². The van der Waals surface area contributed by atoms with Gasteiger partial charge in [0.1, 0.15) is 0 Å². The molecule has 2 aliphatic rings. The lowest BCUT2D eigenvalue weighted by atomic mass is 9.75. The van der Waals surface area contributed by atoms with E-state index in [1.54, 1.807) is 30.3 Å². The van der Waals surface area contributed by atoms with E-state index in [0.29, 0.717) is 12.0 Å². The van der Waals surface area contributed by atoms with Gasteiger partial charge in [0.2, 0.25) is 0 Å². The van der Waals surface area contributed by atoms with Crippen LogP contribution in [0.25, 0.3) is 0 Å². The Bertz CT molecular complexity index is 807. The van der Waals surface area contributed by atoms with E-state index in [1.807, 2.05) is 30.3 Å². The molecule has 1 N–H and O–H groups in total. The number of fused-ring (bicyclic) bond motifs is 1. The molecular weight excluding hydrogens is 330 g/mol. The lowest BCUT2D eigenvalue weighted by Crippen LogP contribution is -2.51. The molecule has 1 saturated heterocycles. The zero-order valence-electron chi connectivity index (χ0n) is 14.4. The van der Waals surface area contributed by atoms with Gasteiger partial charge in [-0.15, -0.1) is 5.06 Å². The van der Waals surface area contributed by atoms with Gasteiger partial charge in [-0.1, -0.05) is 55.0 Å². The highest BCUT2D eigenvalue weighted by atomic mass is 16.7. The van der Waals surface area contributed by atoms with Gasteiger partial charge in [0.25, 0.3) is 5.91 Å². The summed E-state index contributed by atoms with van der Waals surface area (Å²) in [5.41, 5.74) is -0.249. The Kier molecular flexibility index (Phi) is 4.24. The van der Waals surface area contributed by atoms with Gasteiger partial charge >= 0.3 is 5.97 Å². The van der Waals surface area contributed by atoms with Crippen molar-refractivity contribution in [3.63, 3.8) is 0 Å². The highest BCUT2D eigenvalue weighted by Gasteiger charge is 2.61. The minimum absolute atomic E-state index is 0.283. The Labute approximate surface area is 152 Å². The van der Waals surface area contributed by atoms with Gasteiger partial charge in [-0.05, 0) is 37.0 Å². The van der Waals surface area contributed by atoms with E-state index in [-0.39, 0.29) is 11.8 Å². The number of amides is 1. The molecular formula is C21H21NO4. The summed E-state index contributed by atoms with van der Waals surface area (Å²) in [5, 5.41) is 12.2. The molecule has 1 heterocycles. The first-order valence-corrected chi connectivity index (χ1v) is 9.00. The maximum atomic E-state index is 13.1. The van der Waals surface area contributed by atoms with Crippen LogP contribution in [0.5, 0.6) is 0 Å². The quantitative estimate of drug-likeness (QED) is 0.922. The maximum Gasteiger partial charge on any atom is 0.363 e. The van der Waals surface area contributed by atoms with Crippen molar-refractivity contribution in [2.45, 2.75) is 37.3 Å². The zero-order chi connectivity index (χ0) is 18.1. The first-order valence-electron chi connectivity index (χ1n) is 9.00. The summed E-state index contributed by atoms with van der Waals surface area (Å²) in [7, 11) is 0. The minimum Gasteiger partial charge on any atom is -0.368 e. The second-order valence-corrected chi connectivity index (χ2v) is 7.00. The first kappa shape index (κ1) is 16.8. The van der Waals surface area contributed by atoms with E-state index in [4.69, 9.17) is 4.84 Å². The molecule has 1 aliphatic heterocycles. The van der Waals surface area contributed by atoms with Crippen molar-refractivity contribution in [1.29, 1.82) is 0 Å². The Morgan fingerprint density at radius 3 is 2.38 bits per heavy atom. The number of nitrogens with zero attached hydrogens (tertiary/aromatic N) is 1. The van der Waals surface area contributed by atoms with Gasteiger partial charge in [-0.2, -0.15) is 0 Å². The lowest BCUT2D eigenvalue weighted by molar-refractivity contribution is -0.253. The highest BCUT2D eigenvalue weighted by molar-refractivity contribution is 5.92. The summed E-state index contributed by atoms with van der Waals surface area (Å²) >= 11 is 0. The summed E-state index contributed by atoms with van der Waals surface area (Å²) in [6.45, 7) is 0. The van der Waals surface area contributed by atoms with Crippen LogP contribution in [-0.4, -0.2) is 27.8 Å². The van der Waals surface area contributed by atoms with Crippen LogP contribution in [-0.2, 0) is 9.63 Å². The topological polar surface area (TPSA) is 66.8 Å². The predicted molar refractivity (Wildman–Crippen MR) is 94.8 cm³/mol. The molecule has 3 atom stereocenters. The van der Waals surface area contributed by atoms with Crippen molar-refractivity contribution < 1.29 is 19.5 Å². The molecule has 0 bridgehead atoms. The van der Waals surface area contributed by atoms with E-state index in [0.717, 1.165) is 29.9 Å². The fraction of sp³-hybridized carbons (Fsp3) is 0.333. The molecule has 26 heavy (non-hydrogen) atoms. The number of carbonyl (C=O) groups is 2. The predicted octanol–water partition coefficient (Wildman–Crippen LogP) is 3.26. The Hall–Kier alpha value is -2.66. The van der Waals surface area contributed by atoms with Gasteiger partial charge in [-0.3, -0.25) is 4.79 Å². The smallest absolute Gasteiger partial charge is 0.363 e. The molecule has 134 valence electrons. The molecule has 0 unspecified atom stereocenters. The normalized spacial score (nSPS) is 27.9. The van der Waals surface area contributed by atoms with E-state index in [1.165, 1.54) is 0 Å². The number of hydrogen-bond donors (Lipinski definition) is 1. The number of hydroxylamine groups is 2.